The number of furan rings is 1. The normalized spacial score (nSPS) is 18.7. The van der Waals surface area contributed by atoms with Crippen molar-refractivity contribution in [1.29, 1.82) is 0 Å². The number of likely N-dealkylation sites (tertiary alicyclic amines) is 1. The van der Waals surface area contributed by atoms with Gasteiger partial charge >= 0.3 is 0 Å². The minimum atomic E-state index is 0.402. The van der Waals surface area contributed by atoms with Gasteiger partial charge < -0.3 is 9.32 Å². The summed E-state index contributed by atoms with van der Waals surface area (Å²) in [5.41, 5.74) is 0. The quantitative estimate of drug-likeness (QED) is 0.729. The molecule has 0 aliphatic carbocycles. The zero-order valence-electron chi connectivity index (χ0n) is 8.24. The molecule has 1 fully saturated rings. The average molecular weight is 193 g/mol. The second-order valence-electron chi connectivity index (χ2n) is 3.71. The molecule has 0 aromatic carbocycles. The summed E-state index contributed by atoms with van der Waals surface area (Å²) >= 11 is 0. The van der Waals surface area contributed by atoms with Gasteiger partial charge in [0.05, 0.1) is 6.26 Å². The van der Waals surface area contributed by atoms with Crippen molar-refractivity contribution in [3.05, 3.63) is 24.2 Å². The molecule has 3 nitrogen and oxygen atoms in total. The second kappa shape index (κ2) is 4.42. The van der Waals surface area contributed by atoms with Gasteiger partial charge in [-0.3, -0.25) is 4.79 Å². The van der Waals surface area contributed by atoms with Crippen molar-refractivity contribution in [2.75, 3.05) is 19.6 Å². The van der Waals surface area contributed by atoms with Crippen molar-refractivity contribution in [3.8, 4) is 0 Å². The third-order valence-electron chi connectivity index (χ3n) is 2.67. The Bertz CT molecular complexity index is 282. The summed E-state index contributed by atoms with van der Waals surface area (Å²) in [6, 6.07) is 3.91. The lowest BCUT2D eigenvalue weighted by molar-refractivity contribution is -0.121. The summed E-state index contributed by atoms with van der Waals surface area (Å²) in [4.78, 5) is 13.3. The number of Topliss-reactive ketones (excluding diaryl/α,β-unsaturated/α-hetero) is 1. The number of carbonyl (C=O) groups is 1. The molecule has 0 N–H and O–H groups in total. The maximum Gasteiger partial charge on any atom is 0.135 e. The van der Waals surface area contributed by atoms with Crippen LogP contribution in [-0.4, -0.2) is 30.3 Å². The Morgan fingerprint density at radius 3 is 2.79 bits per heavy atom. The molecule has 0 unspecified atom stereocenters. The molecule has 1 saturated heterocycles. The largest absolute Gasteiger partial charge is 0.469 e. The van der Waals surface area contributed by atoms with E-state index in [0.29, 0.717) is 5.78 Å². The first kappa shape index (κ1) is 9.46. The fourth-order valence-corrected chi connectivity index (χ4v) is 1.75. The van der Waals surface area contributed by atoms with E-state index in [1.807, 2.05) is 12.1 Å². The van der Waals surface area contributed by atoms with Crippen LogP contribution in [0.5, 0.6) is 0 Å². The summed E-state index contributed by atoms with van der Waals surface area (Å²) < 4.78 is 5.25. The van der Waals surface area contributed by atoms with Crippen LogP contribution in [-0.2, 0) is 11.2 Å². The lowest BCUT2D eigenvalue weighted by atomic mass is 10.1. The molecule has 0 spiro atoms. The highest BCUT2D eigenvalue weighted by Gasteiger charge is 2.15. The Balaban J connectivity index is 1.73. The van der Waals surface area contributed by atoms with Crippen molar-refractivity contribution in [2.24, 2.45) is 0 Å². The summed E-state index contributed by atoms with van der Waals surface area (Å²) in [7, 11) is 0. The van der Waals surface area contributed by atoms with E-state index < -0.39 is 0 Å². The molecule has 0 saturated carbocycles. The highest BCUT2D eigenvalue weighted by molar-refractivity contribution is 5.79. The standard InChI is InChI=1S/C11H15NO2/c13-10-3-6-12(7-4-10)8-5-11-2-1-9-14-11/h1-2,9H,3-8H2. The third-order valence-corrected chi connectivity index (χ3v) is 2.67. The lowest BCUT2D eigenvalue weighted by Gasteiger charge is -2.25. The molecule has 0 radical (unpaired) electrons. The number of piperidine rings is 1. The average Bonchev–Trinajstić information content (AvgIpc) is 2.70. The van der Waals surface area contributed by atoms with E-state index in [-0.39, 0.29) is 0 Å². The smallest absolute Gasteiger partial charge is 0.135 e. The van der Waals surface area contributed by atoms with Crippen LogP contribution in [0.3, 0.4) is 0 Å². The van der Waals surface area contributed by atoms with E-state index in [0.717, 1.165) is 44.7 Å². The number of ketones is 1. The van der Waals surface area contributed by atoms with E-state index in [1.54, 1.807) is 6.26 Å². The summed E-state index contributed by atoms with van der Waals surface area (Å²) in [5, 5.41) is 0. The Labute approximate surface area is 83.7 Å². The van der Waals surface area contributed by atoms with E-state index in [9.17, 15) is 4.79 Å². The maximum absolute atomic E-state index is 11.0. The van der Waals surface area contributed by atoms with Crippen LogP contribution in [0.2, 0.25) is 0 Å². The van der Waals surface area contributed by atoms with Gasteiger partial charge in [-0.2, -0.15) is 0 Å². The number of hydrogen-bond acceptors (Lipinski definition) is 3. The Morgan fingerprint density at radius 1 is 1.36 bits per heavy atom. The Kier molecular flexibility index (Phi) is 2.99. The van der Waals surface area contributed by atoms with Crippen LogP contribution in [0.25, 0.3) is 0 Å². The first-order valence-corrected chi connectivity index (χ1v) is 5.11. The molecule has 3 heteroatoms. The van der Waals surface area contributed by atoms with Crippen molar-refractivity contribution < 1.29 is 9.21 Å². The second-order valence-corrected chi connectivity index (χ2v) is 3.71. The molecular formula is C11H15NO2. The zero-order chi connectivity index (χ0) is 9.80. The summed E-state index contributed by atoms with van der Waals surface area (Å²) in [5.74, 6) is 1.43. The van der Waals surface area contributed by atoms with Gasteiger partial charge in [0.2, 0.25) is 0 Å². The molecule has 0 bridgehead atoms. The maximum atomic E-state index is 11.0. The van der Waals surface area contributed by atoms with Gasteiger partial charge in [0.1, 0.15) is 11.5 Å². The van der Waals surface area contributed by atoms with E-state index in [4.69, 9.17) is 4.42 Å². The molecule has 0 amide bonds. The molecule has 0 atom stereocenters. The van der Waals surface area contributed by atoms with Crippen molar-refractivity contribution in [3.63, 3.8) is 0 Å². The SMILES string of the molecule is O=C1CCN(CCc2ccco2)CC1. The van der Waals surface area contributed by atoms with E-state index >= 15 is 0 Å². The fraction of sp³-hybridized carbons (Fsp3) is 0.545. The Hall–Kier alpha value is -1.09. The molecule has 76 valence electrons. The minimum absolute atomic E-state index is 0.402. The van der Waals surface area contributed by atoms with E-state index in [2.05, 4.69) is 4.90 Å². The van der Waals surface area contributed by atoms with Crippen molar-refractivity contribution in [2.45, 2.75) is 19.3 Å². The van der Waals surface area contributed by atoms with Gasteiger partial charge in [-0.05, 0) is 12.1 Å². The number of hydrogen-bond donors (Lipinski definition) is 0. The van der Waals surface area contributed by atoms with Crippen LogP contribution in [0.15, 0.2) is 22.8 Å². The van der Waals surface area contributed by atoms with Gasteiger partial charge in [-0.25, -0.2) is 0 Å². The summed E-state index contributed by atoms with van der Waals surface area (Å²) in [6.45, 7) is 2.83. The minimum Gasteiger partial charge on any atom is -0.469 e. The van der Waals surface area contributed by atoms with Crippen LogP contribution in [0.4, 0.5) is 0 Å². The van der Waals surface area contributed by atoms with Crippen LogP contribution < -0.4 is 0 Å². The zero-order valence-corrected chi connectivity index (χ0v) is 8.24. The number of nitrogens with zero attached hydrogens (tertiary/aromatic N) is 1. The van der Waals surface area contributed by atoms with Crippen molar-refractivity contribution in [1.82, 2.24) is 4.90 Å². The fourth-order valence-electron chi connectivity index (χ4n) is 1.75. The predicted molar refractivity (Wildman–Crippen MR) is 53.1 cm³/mol. The molecular weight excluding hydrogens is 178 g/mol. The third kappa shape index (κ3) is 2.45. The number of carbonyl (C=O) groups excluding carboxylic acids is 1. The molecule has 2 heterocycles. The van der Waals surface area contributed by atoms with Gasteiger partial charge in [-0.15, -0.1) is 0 Å². The highest BCUT2D eigenvalue weighted by Crippen LogP contribution is 2.08. The first-order chi connectivity index (χ1) is 6.84. The lowest BCUT2D eigenvalue weighted by Crippen LogP contribution is -2.35. The van der Waals surface area contributed by atoms with Gasteiger partial charge in [0, 0.05) is 38.9 Å². The Morgan fingerprint density at radius 2 is 2.14 bits per heavy atom. The topological polar surface area (TPSA) is 33.5 Å². The monoisotopic (exact) mass is 193 g/mol. The van der Waals surface area contributed by atoms with Crippen LogP contribution >= 0.6 is 0 Å². The number of rotatable bonds is 3. The molecule has 1 aliphatic rings. The molecule has 14 heavy (non-hydrogen) atoms. The van der Waals surface area contributed by atoms with Crippen LogP contribution in [0, 0.1) is 0 Å². The van der Waals surface area contributed by atoms with Gasteiger partial charge in [-0.1, -0.05) is 0 Å². The molecule has 1 aromatic rings. The summed E-state index contributed by atoms with van der Waals surface area (Å²) in [6.07, 6.45) is 4.09. The van der Waals surface area contributed by atoms with Crippen LogP contribution in [0.1, 0.15) is 18.6 Å². The van der Waals surface area contributed by atoms with Gasteiger partial charge in [0.15, 0.2) is 0 Å². The molecule has 2 rings (SSSR count). The van der Waals surface area contributed by atoms with Crippen molar-refractivity contribution >= 4 is 5.78 Å². The predicted octanol–water partition coefficient (Wildman–Crippen LogP) is 1.49. The van der Waals surface area contributed by atoms with E-state index in [1.165, 1.54) is 0 Å². The molecule has 1 aromatic heterocycles. The highest BCUT2D eigenvalue weighted by atomic mass is 16.3. The van der Waals surface area contributed by atoms with Gasteiger partial charge in [0.25, 0.3) is 0 Å². The molecule has 1 aliphatic heterocycles. The first-order valence-electron chi connectivity index (χ1n) is 5.11.